The molecule has 0 radical (unpaired) electrons. The van der Waals surface area contributed by atoms with Crippen molar-refractivity contribution >= 4 is 10.0 Å². The number of aryl methyl sites for hydroxylation is 1. The third-order valence-electron chi connectivity index (χ3n) is 4.17. The molecule has 1 saturated heterocycles. The molecule has 0 aliphatic carbocycles. The Bertz CT molecular complexity index is 742. The second kappa shape index (κ2) is 6.82. The first kappa shape index (κ1) is 16.2. The second-order valence-corrected chi connectivity index (χ2v) is 7.84. The fraction of sp³-hybridized carbons (Fsp3) is 0.438. The molecule has 1 unspecified atom stereocenters. The van der Waals surface area contributed by atoms with Crippen molar-refractivity contribution in [2.75, 3.05) is 19.6 Å². The lowest BCUT2D eigenvalue weighted by molar-refractivity contribution is 0.316. The van der Waals surface area contributed by atoms with Crippen LogP contribution < -0.4 is 4.72 Å². The molecule has 0 spiro atoms. The van der Waals surface area contributed by atoms with Crippen molar-refractivity contribution in [3.8, 4) is 0 Å². The van der Waals surface area contributed by atoms with E-state index in [9.17, 15) is 8.42 Å². The summed E-state index contributed by atoms with van der Waals surface area (Å²) in [6.45, 7) is 3.33. The average molecular weight is 334 g/mol. The van der Waals surface area contributed by atoms with Crippen LogP contribution in [0, 0.1) is 5.92 Å². The Morgan fingerprint density at radius 3 is 2.78 bits per heavy atom. The largest absolute Gasteiger partial charge is 0.299 e. The molecule has 124 valence electrons. The van der Waals surface area contributed by atoms with Gasteiger partial charge >= 0.3 is 0 Å². The molecule has 1 aliphatic heterocycles. The molecule has 3 rings (SSSR count). The molecule has 1 atom stereocenters. The van der Waals surface area contributed by atoms with E-state index in [0.717, 1.165) is 26.1 Å². The van der Waals surface area contributed by atoms with Gasteiger partial charge in [0.2, 0.25) is 10.0 Å². The fourth-order valence-electron chi connectivity index (χ4n) is 2.91. The van der Waals surface area contributed by atoms with Crippen LogP contribution in [0.5, 0.6) is 0 Å². The van der Waals surface area contributed by atoms with Crippen LogP contribution in [0.1, 0.15) is 12.0 Å². The number of hydrogen-bond acceptors (Lipinski definition) is 4. The van der Waals surface area contributed by atoms with Gasteiger partial charge in [0.1, 0.15) is 4.90 Å². The number of nitrogens with one attached hydrogen (secondary N) is 1. The van der Waals surface area contributed by atoms with Gasteiger partial charge in [0.25, 0.3) is 0 Å². The maximum absolute atomic E-state index is 12.2. The van der Waals surface area contributed by atoms with E-state index < -0.39 is 10.0 Å². The van der Waals surface area contributed by atoms with E-state index in [4.69, 9.17) is 0 Å². The zero-order chi connectivity index (χ0) is 16.3. The van der Waals surface area contributed by atoms with Crippen LogP contribution >= 0.6 is 0 Å². The van der Waals surface area contributed by atoms with Crippen molar-refractivity contribution in [2.24, 2.45) is 13.0 Å². The number of nitrogens with zero attached hydrogens (tertiary/aromatic N) is 3. The molecule has 1 aliphatic rings. The Morgan fingerprint density at radius 1 is 1.30 bits per heavy atom. The van der Waals surface area contributed by atoms with Gasteiger partial charge in [-0.15, -0.1) is 0 Å². The quantitative estimate of drug-likeness (QED) is 0.862. The number of likely N-dealkylation sites (tertiary alicyclic amines) is 1. The summed E-state index contributed by atoms with van der Waals surface area (Å²) in [7, 11) is -1.75. The van der Waals surface area contributed by atoms with Gasteiger partial charge in [-0.05, 0) is 24.4 Å². The summed E-state index contributed by atoms with van der Waals surface area (Å²) in [5, 5.41) is 3.91. The van der Waals surface area contributed by atoms with E-state index in [1.54, 1.807) is 7.05 Å². The summed E-state index contributed by atoms with van der Waals surface area (Å²) >= 11 is 0. The molecular weight excluding hydrogens is 312 g/mol. The first-order valence-electron chi connectivity index (χ1n) is 7.77. The number of benzene rings is 1. The topological polar surface area (TPSA) is 67.2 Å². The number of rotatable bonds is 6. The molecule has 1 aromatic carbocycles. The third-order valence-corrected chi connectivity index (χ3v) is 5.55. The highest BCUT2D eigenvalue weighted by Crippen LogP contribution is 2.18. The summed E-state index contributed by atoms with van der Waals surface area (Å²) < 4.78 is 28.6. The first-order chi connectivity index (χ1) is 11.0. The van der Waals surface area contributed by atoms with Crippen LogP contribution in [0.15, 0.2) is 47.6 Å². The monoisotopic (exact) mass is 334 g/mol. The van der Waals surface area contributed by atoms with E-state index in [-0.39, 0.29) is 4.90 Å². The summed E-state index contributed by atoms with van der Waals surface area (Å²) in [6.07, 6.45) is 3.90. The Labute approximate surface area is 137 Å². The van der Waals surface area contributed by atoms with Crippen molar-refractivity contribution in [1.29, 1.82) is 0 Å². The molecule has 7 heteroatoms. The molecule has 6 nitrogen and oxygen atoms in total. The minimum absolute atomic E-state index is 0.221. The molecule has 1 fully saturated rings. The summed E-state index contributed by atoms with van der Waals surface area (Å²) in [4.78, 5) is 2.59. The molecule has 0 saturated carbocycles. The van der Waals surface area contributed by atoms with Gasteiger partial charge < -0.3 is 0 Å². The zero-order valence-electron chi connectivity index (χ0n) is 13.2. The maximum atomic E-state index is 12.2. The Kier molecular flexibility index (Phi) is 4.79. The predicted molar refractivity (Wildman–Crippen MR) is 88.2 cm³/mol. The zero-order valence-corrected chi connectivity index (χ0v) is 14.0. The van der Waals surface area contributed by atoms with Crippen LogP contribution in [0.25, 0.3) is 0 Å². The maximum Gasteiger partial charge on any atom is 0.243 e. The molecule has 0 bridgehead atoms. The molecule has 1 aromatic heterocycles. The molecule has 2 heterocycles. The third kappa shape index (κ3) is 4.19. The summed E-state index contributed by atoms with van der Waals surface area (Å²) in [5.41, 5.74) is 1.30. The van der Waals surface area contributed by atoms with Crippen LogP contribution in [0.3, 0.4) is 0 Å². The average Bonchev–Trinajstić information content (AvgIpc) is 3.16. The molecule has 23 heavy (non-hydrogen) atoms. The molecule has 1 N–H and O–H groups in total. The van der Waals surface area contributed by atoms with Crippen molar-refractivity contribution in [3.63, 3.8) is 0 Å². The van der Waals surface area contributed by atoms with Crippen molar-refractivity contribution < 1.29 is 8.42 Å². The fourth-order valence-corrected chi connectivity index (χ4v) is 4.01. The van der Waals surface area contributed by atoms with Crippen molar-refractivity contribution in [1.82, 2.24) is 19.4 Å². The Morgan fingerprint density at radius 2 is 2.09 bits per heavy atom. The molecule has 2 aromatic rings. The number of aromatic nitrogens is 2. The Balaban J connectivity index is 1.50. The first-order valence-corrected chi connectivity index (χ1v) is 9.26. The molecular formula is C16H22N4O2S. The van der Waals surface area contributed by atoms with Crippen molar-refractivity contribution in [2.45, 2.75) is 17.9 Å². The van der Waals surface area contributed by atoms with Crippen LogP contribution in [0.4, 0.5) is 0 Å². The van der Waals surface area contributed by atoms with Crippen LogP contribution in [0.2, 0.25) is 0 Å². The van der Waals surface area contributed by atoms with Crippen LogP contribution in [-0.4, -0.2) is 42.7 Å². The Hall–Kier alpha value is -1.70. The number of hydrogen-bond donors (Lipinski definition) is 1. The van der Waals surface area contributed by atoms with Gasteiger partial charge in [0.15, 0.2) is 0 Å². The lowest BCUT2D eigenvalue weighted by Gasteiger charge is -2.16. The smallest absolute Gasteiger partial charge is 0.243 e. The predicted octanol–water partition coefficient (Wildman–Crippen LogP) is 1.22. The lowest BCUT2D eigenvalue weighted by Crippen LogP contribution is -2.30. The van der Waals surface area contributed by atoms with E-state index in [2.05, 4.69) is 26.9 Å². The highest BCUT2D eigenvalue weighted by molar-refractivity contribution is 7.89. The van der Waals surface area contributed by atoms with Crippen LogP contribution in [-0.2, 0) is 23.6 Å². The second-order valence-electron chi connectivity index (χ2n) is 6.08. The minimum Gasteiger partial charge on any atom is -0.299 e. The summed E-state index contributed by atoms with van der Waals surface area (Å²) in [5.74, 6) is 0.352. The van der Waals surface area contributed by atoms with E-state index >= 15 is 0 Å². The SMILES string of the molecule is Cn1cc(S(=O)(=O)NCC2CCN(Cc3ccccc3)C2)cn1. The van der Waals surface area contributed by atoms with E-state index in [0.29, 0.717) is 12.5 Å². The van der Waals surface area contributed by atoms with Crippen molar-refractivity contribution in [3.05, 3.63) is 48.3 Å². The minimum atomic E-state index is -3.46. The van der Waals surface area contributed by atoms with Gasteiger partial charge in [0.05, 0.1) is 6.20 Å². The highest BCUT2D eigenvalue weighted by Gasteiger charge is 2.25. The van der Waals surface area contributed by atoms with Gasteiger partial charge in [-0.1, -0.05) is 30.3 Å². The van der Waals surface area contributed by atoms with Gasteiger partial charge in [0, 0.05) is 32.9 Å². The highest BCUT2D eigenvalue weighted by atomic mass is 32.2. The van der Waals surface area contributed by atoms with E-state index in [1.807, 2.05) is 18.2 Å². The standard InChI is InChI=1S/C16H22N4O2S/c1-19-13-16(10-17-19)23(21,22)18-9-15-7-8-20(12-15)11-14-5-3-2-4-6-14/h2-6,10,13,15,18H,7-9,11-12H2,1H3. The lowest BCUT2D eigenvalue weighted by atomic mass is 10.1. The normalized spacial score (nSPS) is 19.3. The van der Waals surface area contributed by atoms with Gasteiger partial charge in [-0.25, -0.2) is 13.1 Å². The number of sulfonamides is 1. The molecule has 0 amide bonds. The summed E-state index contributed by atoms with van der Waals surface area (Å²) in [6, 6.07) is 10.4. The van der Waals surface area contributed by atoms with E-state index in [1.165, 1.54) is 22.6 Å². The van der Waals surface area contributed by atoms with Gasteiger partial charge in [-0.3, -0.25) is 9.58 Å². The van der Waals surface area contributed by atoms with Gasteiger partial charge in [-0.2, -0.15) is 5.10 Å².